The van der Waals surface area contributed by atoms with Crippen molar-refractivity contribution in [2.24, 2.45) is 4.99 Å². The van der Waals surface area contributed by atoms with E-state index in [1.165, 1.54) is 23.2 Å². The smallest absolute Gasteiger partial charge is 0.333 e. The number of alkyl halides is 1. The molecule has 0 amide bonds. The molecular weight excluding hydrogens is 427 g/mol. The van der Waals surface area contributed by atoms with E-state index in [9.17, 15) is 18.7 Å². The van der Waals surface area contributed by atoms with Gasteiger partial charge in [0.05, 0.1) is 31.0 Å². The number of fused-ring (bicyclic) bond motifs is 1. The molecule has 1 spiro atoms. The van der Waals surface area contributed by atoms with Crippen LogP contribution in [0.2, 0.25) is 0 Å². The SMILES string of the molecule is O=C(O)C1=CN(c2ccc(F)cc2F)C2N=C(N3CCC4(C3)OCCCO4)C(F)C=C2C1. The molecule has 2 atom stereocenters. The predicted molar refractivity (Wildman–Crippen MR) is 109 cm³/mol. The number of rotatable bonds is 2. The number of hydrogen-bond acceptors (Lipinski definition) is 6. The average Bonchev–Trinajstić information content (AvgIpc) is 3.16. The Hall–Kier alpha value is -2.85. The standard InChI is InChI=1S/C22H22F3N3O4/c23-15-2-3-18(16(24)10-15)28-11-14(21(29)30)8-13-9-17(25)20(26-19(13)28)27-5-4-22(12-27)31-6-1-7-32-22/h2-3,9-11,17,19H,1,4-8,12H2,(H,29,30). The zero-order chi connectivity index (χ0) is 22.5. The minimum atomic E-state index is -1.55. The highest BCUT2D eigenvalue weighted by atomic mass is 19.1. The van der Waals surface area contributed by atoms with E-state index in [2.05, 4.69) is 4.99 Å². The van der Waals surface area contributed by atoms with Gasteiger partial charge in [0.15, 0.2) is 12.0 Å². The number of anilines is 1. The summed E-state index contributed by atoms with van der Waals surface area (Å²) >= 11 is 0. The lowest BCUT2D eigenvalue weighted by atomic mass is 9.94. The van der Waals surface area contributed by atoms with Crippen LogP contribution >= 0.6 is 0 Å². The summed E-state index contributed by atoms with van der Waals surface area (Å²) in [6.07, 6.45) is 1.58. The fraction of sp³-hybridized carbons (Fsp3) is 0.455. The fourth-order valence-electron chi connectivity index (χ4n) is 4.60. The summed E-state index contributed by atoms with van der Waals surface area (Å²) in [5.41, 5.74) is 0.327. The second kappa shape index (κ2) is 7.93. The number of aliphatic carboxylic acids is 1. The van der Waals surface area contributed by atoms with Crippen molar-refractivity contribution < 1.29 is 32.5 Å². The molecule has 0 saturated carbocycles. The van der Waals surface area contributed by atoms with Gasteiger partial charge in [0.2, 0.25) is 0 Å². The molecular formula is C22H22F3N3O4. The first-order valence-corrected chi connectivity index (χ1v) is 10.5. The Kier molecular flexibility index (Phi) is 5.21. The van der Waals surface area contributed by atoms with Gasteiger partial charge < -0.3 is 24.4 Å². The maximum absolute atomic E-state index is 15.2. The van der Waals surface area contributed by atoms with Crippen LogP contribution < -0.4 is 4.90 Å². The quantitative estimate of drug-likeness (QED) is 0.700. The van der Waals surface area contributed by atoms with Gasteiger partial charge in [-0.3, -0.25) is 0 Å². The Bertz CT molecular complexity index is 1040. The monoisotopic (exact) mass is 449 g/mol. The van der Waals surface area contributed by atoms with Crippen LogP contribution in [0.3, 0.4) is 0 Å². The molecule has 0 aromatic heterocycles. The third kappa shape index (κ3) is 3.67. The molecule has 10 heteroatoms. The normalized spacial score (nSPS) is 27.0. The highest BCUT2D eigenvalue weighted by Crippen LogP contribution is 2.38. The number of likely N-dealkylation sites (tertiary alicyclic amines) is 1. The van der Waals surface area contributed by atoms with Crippen molar-refractivity contribution in [2.45, 2.75) is 37.4 Å². The van der Waals surface area contributed by atoms with Gasteiger partial charge in [0.1, 0.15) is 23.6 Å². The second-order valence-corrected chi connectivity index (χ2v) is 8.28. The molecule has 1 aromatic rings. The molecule has 0 aliphatic carbocycles. The Labute approximate surface area is 182 Å². The molecule has 5 rings (SSSR count). The van der Waals surface area contributed by atoms with Gasteiger partial charge in [-0.1, -0.05) is 0 Å². The van der Waals surface area contributed by atoms with E-state index in [-0.39, 0.29) is 23.5 Å². The van der Waals surface area contributed by atoms with Crippen LogP contribution in [0.25, 0.3) is 0 Å². The molecule has 4 heterocycles. The van der Waals surface area contributed by atoms with Crippen molar-refractivity contribution in [1.82, 2.24) is 4.90 Å². The number of amidine groups is 1. The lowest BCUT2D eigenvalue weighted by Crippen LogP contribution is -2.48. The first-order valence-electron chi connectivity index (χ1n) is 10.5. The van der Waals surface area contributed by atoms with Crippen LogP contribution in [0.4, 0.5) is 18.9 Å². The molecule has 7 nitrogen and oxygen atoms in total. The molecule has 1 N–H and O–H groups in total. The van der Waals surface area contributed by atoms with E-state index in [1.54, 1.807) is 4.90 Å². The van der Waals surface area contributed by atoms with Crippen LogP contribution in [0.5, 0.6) is 0 Å². The zero-order valence-corrected chi connectivity index (χ0v) is 17.1. The number of dihydropyridines is 1. The number of nitrogens with zero attached hydrogens (tertiary/aromatic N) is 3. The van der Waals surface area contributed by atoms with E-state index in [1.807, 2.05) is 0 Å². The van der Waals surface area contributed by atoms with Gasteiger partial charge in [0.25, 0.3) is 0 Å². The first kappa shape index (κ1) is 21.0. The number of halogens is 3. The van der Waals surface area contributed by atoms with Gasteiger partial charge in [-0.15, -0.1) is 0 Å². The maximum Gasteiger partial charge on any atom is 0.333 e. The predicted octanol–water partition coefficient (Wildman–Crippen LogP) is 2.99. The van der Waals surface area contributed by atoms with Gasteiger partial charge in [0, 0.05) is 31.7 Å². The molecule has 2 unspecified atom stereocenters. The summed E-state index contributed by atoms with van der Waals surface area (Å²) in [6.45, 7) is 1.96. The number of aliphatic imine (C=N–C) groups is 1. The molecule has 0 bridgehead atoms. The fourth-order valence-corrected chi connectivity index (χ4v) is 4.60. The molecule has 4 aliphatic rings. The molecule has 1 aromatic carbocycles. The van der Waals surface area contributed by atoms with Gasteiger partial charge in [-0.2, -0.15) is 0 Å². The minimum absolute atomic E-state index is 0.0212. The van der Waals surface area contributed by atoms with Crippen molar-refractivity contribution in [3.05, 3.63) is 53.3 Å². The molecule has 2 saturated heterocycles. The summed E-state index contributed by atoms with van der Waals surface area (Å²) in [5.74, 6) is -3.44. The molecule has 32 heavy (non-hydrogen) atoms. The van der Waals surface area contributed by atoms with Crippen LogP contribution in [-0.2, 0) is 14.3 Å². The van der Waals surface area contributed by atoms with Crippen molar-refractivity contribution in [3.8, 4) is 0 Å². The number of benzene rings is 1. The minimum Gasteiger partial charge on any atom is -0.478 e. The van der Waals surface area contributed by atoms with Crippen molar-refractivity contribution in [2.75, 3.05) is 31.2 Å². The molecule has 170 valence electrons. The van der Waals surface area contributed by atoms with Crippen molar-refractivity contribution in [1.29, 1.82) is 0 Å². The zero-order valence-electron chi connectivity index (χ0n) is 17.1. The van der Waals surface area contributed by atoms with E-state index >= 15 is 4.39 Å². The number of hydrogen-bond donors (Lipinski definition) is 1. The van der Waals surface area contributed by atoms with Crippen LogP contribution in [0.1, 0.15) is 19.3 Å². The van der Waals surface area contributed by atoms with Gasteiger partial charge in [-0.25, -0.2) is 23.0 Å². The summed E-state index contributed by atoms with van der Waals surface area (Å²) in [5, 5.41) is 9.50. The van der Waals surface area contributed by atoms with E-state index in [4.69, 9.17) is 9.47 Å². The third-order valence-electron chi connectivity index (χ3n) is 6.15. The Morgan fingerprint density at radius 2 is 2.03 bits per heavy atom. The second-order valence-electron chi connectivity index (χ2n) is 8.28. The highest BCUT2D eigenvalue weighted by molar-refractivity contribution is 5.92. The van der Waals surface area contributed by atoms with E-state index in [0.29, 0.717) is 38.3 Å². The topological polar surface area (TPSA) is 74.6 Å². The van der Waals surface area contributed by atoms with Crippen molar-refractivity contribution in [3.63, 3.8) is 0 Å². The van der Waals surface area contributed by atoms with Crippen LogP contribution in [-0.4, -0.2) is 66.2 Å². The highest BCUT2D eigenvalue weighted by Gasteiger charge is 2.45. The molecule has 4 aliphatic heterocycles. The van der Waals surface area contributed by atoms with Gasteiger partial charge >= 0.3 is 5.97 Å². The largest absolute Gasteiger partial charge is 0.478 e. The van der Waals surface area contributed by atoms with Crippen LogP contribution in [0.15, 0.2) is 46.6 Å². The van der Waals surface area contributed by atoms with Crippen LogP contribution in [0, 0.1) is 11.6 Å². The lowest BCUT2D eigenvalue weighted by Gasteiger charge is -2.39. The average molecular weight is 449 g/mol. The van der Waals surface area contributed by atoms with E-state index in [0.717, 1.165) is 18.6 Å². The third-order valence-corrected chi connectivity index (χ3v) is 6.15. The summed E-state index contributed by atoms with van der Waals surface area (Å²) in [4.78, 5) is 19.3. The summed E-state index contributed by atoms with van der Waals surface area (Å²) in [6, 6.07) is 3.02. The number of carboxylic acid groups (broad SMARTS) is 1. The Morgan fingerprint density at radius 3 is 2.75 bits per heavy atom. The Morgan fingerprint density at radius 1 is 1.25 bits per heavy atom. The number of ether oxygens (including phenoxy) is 2. The maximum atomic E-state index is 15.2. The summed E-state index contributed by atoms with van der Waals surface area (Å²) in [7, 11) is 0. The number of carboxylic acids is 1. The molecule has 2 fully saturated rings. The van der Waals surface area contributed by atoms with Gasteiger partial charge in [-0.05, 0) is 30.2 Å². The first-order chi connectivity index (χ1) is 15.3. The molecule has 0 radical (unpaired) electrons. The van der Waals surface area contributed by atoms with E-state index < -0.39 is 35.7 Å². The Balaban J connectivity index is 1.50. The summed E-state index contributed by atoms with van der Waals surface area (Å²) < 4.78 is 54.9. The van der Waals surface area contributed by atoms with Crippen molar-refractivity contribution >= 4 is 17.5 Å². The number of carbonyl (C=O) groups is 1. The lowest BCUT2D eigenvalue weighted by molar-refractivity contribution is -0.256.